The number of hydrogen-bond donors (Lipinski definition) is 0. The number of allylic oxidation sites excluding steroid dienone is 4. The van der Waals surface area contributed by atoms with Crippen molar-refractivity contribution >= 4 is 29.2 Å². The molecule has 0 heterocycles. The Hall–Kier alpha value is -3.22. The largest absolute Gasteiger partial charge is 0.457 e. The Kier molecular flexibility index (Phi) is 8.84. The standard InChI is InChI=1S/C38H49NO6/c1-24(40)45-38(34(42)23-44-35(43)18-9-25-7-5-6-8-25)20-19-33-31-16-12-27-21-29(41)15-17-30(27)36(31)32(22-37(33,38)2)26-10-13-28(14-11-26)39(3)4/h10-11,13-14,21,25,31-33H,5-9,12,15-20,22-23H2,1-4H3/t31?,32-,33?,37+,38+/m1/s1. The molecule has 45 heavy (non-hydrogen) atoms. The SMILES string of the molecule is CC(=O)O[C@]1(C(=O)COC(=O)CCC2CCCC2)CCC2C3CCC4=CC(=O)CCC4=C3[C@@H](c3ccc(N(C)C)cc3)C[C@@]21C. The van der Waals surface area contributed by atoms with Gasteiger partial charge in [-0.1, -0.05) is 50.3 Å². The van der Waals surface area contributed by atoms with Gasteiger partial charge in [0.25, 0.3) is 0 Å². The van der Waals surface area contributed by atoms with Crippen molar-refractivity contribution in [1.82, 2.24) is 0 Å². The molecule has 0 amide bonds. The van der Waals surface area contributed by atoms with Crippen molar-refractivity contribution < 1.29 is 28.7 Å². The summed E-state index contributed by atoms with van der Waals surface area (Å²) >= 11 is 0. The number of ether oxygens (including phenoxy) is 2. The van der Waals surface area contributed by atoms with Crippen LogP contribution in [0, 0.1) is 23.2 Å². The summed E-state index contributed by atoms with van der Waals surface area (Å²) in [4.78, 5) is 54.3. The number of ketones is 2. The number of anilines is 1. The smallest absolute Gasteiger partial charge is 0.306 e. The minimum absolute atomic E-state index is 0.0224. The van der Waals surface area contributed by atoms with Gasteiger partial charge in [0.1, 0.15) is 0 Å². The maximum Gasteiger partial charge on any atom is 0.306 e. The van der Waals surface area contributed by atoms with Gasteiger partial charge in [0.2, 0.25) is 5.78 Å². The van der Waals surface area contributed by atoms with E-state index in [-0.39, 0.29) is 41.9 Å². The molecule has 6 rings (SSSR count). The Balaban J connectivity index is 1.34. The van der Waals surface area contributed by atoms with E-state index in [0.717, 1.165) is 50.6 Å². The molecule has 242 valence electrons. The van der Waals surface area contributed by atoms with E-state index in [1.54, 1.807) is 0 Å². The van der Waals surface area contributed by atoms with Gasteiger partial charge in [-0.15, -0.1) is 0 Å². The fourth-order valence-corrected chi connectivity index (χ4v) is 9.84. The van der Waals surface area contributed by atoms with Crippen LogP contribution in [0.4, 0.5) is 5.69 Å². The molecule has 0 spiro atoms. The molecule has 1 aromatic rings. The van der Waals surface area contributed by atoms with Gasteiger partial charge in [-0.2, -0.15) is 0 Å². The van der Waals surface area contributed by atoms with Crippen LogP contribution >= 0.6 is 0 Å². The third-order valence-corrected chi connectivity index (χ3v) is 12.0. The van der Waals surface area contributed by atoms with Crippen LogP contribution in [-0.4, -0.2) is 49.8 Å². The summed E-state index contributed by atoms with van der Waals surface area (Å²) in [6.07, 6.45) is 12.6. The van der Waals surface area contributed by atoms with Gasteiger partial charge in [-0.3, -0.25) is 19.2 Å². The van der Waals surface area contributed by atoms with Gasteiger partial charge >= 0.3 is 11.9 Å². The van der Waals surface area contributed by atoms with Crippen LogP contribution in [-0.2, 0) is 28.7 Å². The average Bonchev–Trinajstić information content (AvgIpc) is 3.64. The normalized spacial score (nSPS) is 31.1. The molecule has 0 bridgehead atoms. The predicted molar refractivity (Wildman–Crippen MR) is 173 cm³/mol. The van der Waals surface area contributed by atoms with E-state index >= 15 is 0 Å². The van der Waals surface area contributed by atoms with Crippen molar-refractivity contribution in [2.24, 2.45) is 23.2 Å². The third-order valence-electron chi connectivity index (χ3n) is 12.0. The highest BCUT2D eigenvalue weighted by Crippen LogP contribution is 2.68. The number of carbonyl (C=O) groups excluding carboxylic acids is 4. The number of nitrogens with zero attached hydrogens (tertiary/aromatic N) is 1. The Bertz CT molecular complexity index is 1420. The van der Waals surface area contributed by atoms with Crippen LogP contribution in [0.25, 0.3) is 0 Å². The van der Waals surface area contributed by atoms with Crippen LogP contribution in [0.5, 0.6) is 0 Å². The summed E-state index contributed by atoms with van der Waals surface area (Å²) < 4.78 is 11.8. The zero-order chi connectivity index (χ0) is 31.9. The van der Waals surface area contributed by atoms with E-state index in [4.69, 9.17) is 9.47 Å². The third kappa shape index (κ3) is 5.81. The molecular formula is C38H49NO6. The summed E-state index contributed by atoms with van der Waals surface area (Å²) in [5, 5.41) is 0. The molecule has 7 nitrogen and oxygen atoms in total. The van der Waals surface area contributed by atoms with E-state index in [0.29, 0.717) is 31.6 Å². The lowest BCUT2D eigenvalue weighted by Gasteiger charge is -2.55. The van der Waals surface area contributed by atoms with Gasteiger partial charge in [0.15, 0.2) is 18.0 Å². The van der Waals surface area contributed by atoms with Crippen LogP contribution < -0.4 is 4.90 Å². The molecule has 0 radical (unpaired) electrons. The predicted octanol–water partition coefficient (Wildman–Crippen LogP) is 7.04. The first kappa shape index (κ1) is 31.7. The first-order valence-electron chi connectivity index (χ1n) is 17.1. The summed E-state index contributed by atoms with van der Waals surface area (Å²) in [5.41, 5.74) is 4.23. The first-order chi connectivity index (χ1) is 21.5. The molecule has 0 N–H and O–H groups in total. The van der Waals surface area contributed by atoms with Crippen LogP contribution in [0.3, 0.4) is 0 Å². The van der Waals surface area contributed by atoms with E-state index in [9.17, 15) is 19.2 Å². The van der Waals surface area contributed by atoms with E-state index in [1.807, 2.05) is 20.2 Å². The molecule has 2 unspecified atom stereocenters. The summed E-state index contributed by atoms with van der Waals surface area (Å²) in [6, 6.07) is 8.66. The average molecular weight is 616 g/mol. The minimum atomic E-state index is -1.36. The second kappa shape index (κ2) is 12.5. The summed E-state index contributed by atoms with van der Waals surface area (Å²) in [5.74, 6) is 0.0357. The number of hydrogen-bond acceptors (Lipinski definition) is 7. The van der Waals surface area contributed by atoms with Gasteiger partial charge in [0, 0.05) is 50.9 Å². The molecule has 3 fully saturated rings. The van der Waals surface area contributed by atoms with Gasteiger partial charge in [-0.05, 0) is 97.6 Å². The molecule has 0 saturated heterocycles. The van der Waals surface area contributed by atoms with Crippen LogP contribution in [0.2, 0.25) is 0 Å². The van der Waals surface area contributed by atoms with Crippen molar-refractivity contribution in [2.75, 3.05) is 25.6 Å². The van der Waals surface area contributed by atoms with Crippen LogP contribution in [0.1, 0.15) is 109 Å². The van der Waals surface area contributed by atoms with Crippen molar-refractivity contribution in [3.05, 3.63) is 52.6 Å². The highest BCUT2D eigenvalue weighted by atomic mass is 16.6. The Morgan fingerprint density at radius 3 is 2.40 bits per heavy atom. The zero-order valence-corrected chi connectivity index (χ0v) is 27.5. The maximum absolute atomic E-state index is 14.3. The Morgan fingerprint density at radius 1 is 0.978 bits per heavy atom. The number of benzene rings is 1. The molecular weight excluding hydrogens is 566 g/mol. The van der Waals surface area contributed by atoms with Crippen molar-refractivity contribution in [1.29, 1.82) is 0 Å². The zero-order valence-electron chi connectivity index (χ0n) is 27.5. The summed E-state index contributed by atoms with van der Waals surface area (Å²) in [7, 11) is 4.05. The number of rotatable bonds is 9. The molecule has 5 aliphatic rings. The van der Waals surface area contributed by atoms with Gasteiger partial charge < -0.3 is 14.4 Å². The van der Waals surface area contributed by atoms with E-state index in [1.165, 1.54) is 42.0 Å². The quantitative estimate of drug-likeness (QED) is 0.275. The lowest BCUT2D eigenvalue weighted by molar-refractivity contribution is -0.186. The lowest BCUT2D eigenvalue weighted by atomic mass is 9.50. The maximum atomic E-state index is 14.3. The Morgan fingerprint density at radius 2 is 1.71 bits per heavy atom. The van der Waals surface area contributed by atoms with Crippen molar-refractivity contribution in [2.45, 2.75) is 109 Å². The number of Topliss-reactive ketones (excluding diaryl/α,β-unsaturated/α-hetero) is 1. The molecule has 3 saturated carbocycles. The monoisotopic (exact) mass is 615 g/mol. The van der Waals surface area contributed by atoms with E-state index in [2.05, 4.69) is 36.1 Å². The fraction of sp³-hybridized carbons (Fsp3) is 0.632. The molecule has 7 heteroatoms. The fourth-order valence-electron chi connectivity index (χ4n) is 9.84. The molecule has 5 aliphatic carbocycles. The first-order valence-corrected chi connectivity index (χ1v) is 17.1. The molecule has 0 aliphatic heterocycles. The van der Waals surface area contributed by atoms with Crippen LogP contribution in [0.15, 0.2) is 47.1 Å². The van der Waals surface area contributed by atoms with Gasteiger partial charge in [0.05, 0.1) is 0 Å². The second-order valence-corrected chi connectivity index (χ2v) is 14.7. The topological polar surface area (TPSA) is 90.0 Å². The number of fused-ring (bicyclic) bond motifs is 4. The lowest BCUT2D eigenvalue weighted by Crippen LogP contribution is -2.58. The summed E-state index contributed by atoms with van der Waals surface area (Å²) in [6.45, 7) is 3.16. The van der Waals surface area contributed by atoms with Gasteiger partial charge in [-0.25, -0.2) is 0 Å². The second-order valence-electron chi connectivity index (χ2n) is 14.7. The van der Waals surface area contributed by atoms with E-state index < -0.39 is 17.0 Å². The highest BCUT2D eigenvalue weighted by Gasteiger charge is 2.68. The Labute approximate surface area is 267 Å². The molecule has 0 aromatic heterocycles. The minimum Gasteiger partial charge on any atom is -0.457 e. The number of esters is 2. The molecule has 5 atom stereocenters. The van der Waals surface area contributed by atoms with Crippen molar-refractivity contribution in [3.8, 4) is 0 Å². The highest BCUT2D eigenvalue weighted by molar-refractivity contribution is 5.94. The number of carbonyl (C=O) groups is 4. The van der Waals surface area contributed by atoms with Crippen molar-refractivity contribution in [3.63, 3.8) is 0 Å². The molecule has 1 aromatic carbocycles.